The van der Waals surface area contributed by atoms with Gasteiger partial charge in [-0.1, -0.05) is 38.1 Å². The van der Waals surface area contributed by atoms with Gasteiger partial charge in [-0.05, 0) is 38.7 Å². The van der Waals surface area contributed by atoms with E-state index in [1.165, 1.54) is 13.8 Å². The average molecular weight is 406 g/mol. The third kappa shape index (κ3) is 4.63. The number of benzene rings is 1. The molecule has 0 saturated heterocycles. The Hall–Kier alpha value is -2.35. The Balaban J connectivity index is 1.90. The van der Waals surface area contributed by atoms with Crippen molar-refractivity contribution in [2.24, 2.45) is 11.1 Å². The lowest BCUT2D eigenvalue weighted by Gasteiger charge is -2.36. The van der Waals surface area contributed by atoms with E-state index in [0.29, 0.717) is 17.3 Å². The van der Waals surface area contributed by atoms with Crippen LogP contribution in [0.15, 0.2) is 30.5 Å². The van der Waals surface area contributed by atoms with E-state index in [0.717, 1.165) is 18.4 Å². The molecule has 1 fully saturated rings. The van der Waals surface area contributed by atoms with Gasteiger partial charge in [0.2, 0.25) is 6.43 Å². The van der Waals surface area contributed by atoms with Gasteiger partial charge in [-0.15, -0.1) is 0 Å². The smallest absolute Gasteiger partial charge is 0.331 e. The van der Waals surface area contributed by atoms with Gasteiger partial charge in [-0.3, -0.25) is 0 Å². The minimum atomic E-state index is -2.63. The zero-order valence-electron chi connectivity index (χ0n) is 17.2. The number of esters is 1. The van der Waals surface area contributed by atoms with Gasteiger partial charge in [0.1, 0.15) is 11.2 Å². The molecule has 1 aliphatic rings. The van der Waals surface area contributed by atoms with Gasteiger partial charge in [-0.25, -0.2) is 13.6 Å². The second kappa shape index (κ2) is 7.82. The molecule has 1 aliphatic carbocycles. The monoisotopic (exact) mass is 406 g/mol. The Morgan fingerprint density at radius 1 is 1.28 bits per heavy atom. The second-order valence-electron chi connectivity index (χ2n) is 8.75. The summed E-state index contributed by atoms with van der Waals surface area (Å²) < 4.78 is 32.3. The van der Waals surface area contributed by atoms with Crippen molar-refractivity contribution in [3.05, 3.63) is 36.0 Å². The molecule has 1 heterocycles. The highest BCUT2D eigenvalue weighted by Crippen LogP contribution is 2.39. The number of aromatic nitrogens is 3. The number of carbonyl (C=O) groups excluding carboxylic acids is 1. The fraction of sp³-hybridized carbons (Fsp3) is 0.571. The molecule has 1 aromatic carbocycles. The van der Waals surface area contributed by atoms with Crippen LogP contribution in [0.25, 0.3) is 11.3 Å². The van der Waals surface area contributed by atoms with Crippen LogP contribution in [0.5, 0.6) is 0 Å². The van der Waals surface area contributed by atoms with E-state index in [9.17, 15) is 13.6 Å². The summed E-state index contributed by atoms with van der Waals surface area (Å²) in [4.78, 5) is 14.5. The summed E-state index contributed by atoms with van der Waals surface area (Å²) in [5.74, 6) is -0.714. The molecule has 158 valence electrons. The molecule has 2 aromatic rings. The second-order valence-corrected chi connectivity index (χ2v) is 8.75. The lowest BCUT2D eigenvalue weighted by atomic mass is 9.75. The lowest BCUT2D eigenvalue weighted by Crippen LogP contribution is -2.50. The molecule has 2 N–H and O–H groups in total. The molecule has 29 heavy (non-hydrogen) atoms. The Morgan fingerprint density at radius 3 is 2.41 bits per heavy atom. The molecule has 0 amide bonds. The molecular weight excluding hydrogens is 378 g/mol. The van der Waals surface area contributed by atoms with E-state index in [2.05, 4.69) is 10.2 Å². The number of nitrogens with two attached hydrogens (primary N) is 1. The van der Waals surface area contributed by atoms with Gasteiger partial charge in [0.05, 0.1) is 18.3 Å². The Labute approximate surface area is 169 Å². The van der Waals surface area contributed by atoms with Crippen molar-refractivity contribution in [3.63, 3.8) is 0 Å². The number of hydrogen-bond acceptors (Lipinski definition) is 5. The van der Waals surface area contributed by atoms with Gasteiger partial charge < -0.3 is 10.5 Å². The third-order valence-corrected chi connectivity index (χ3v) is 5.11. The highest BCUT2D eigenvalue weighted by Gasteiger charge is 2.46. The van der Waals surface area contributed by atoms with Crippen molar-refractivity contribution in [1.82, 2.24) is 15.0 Å². The zero-order chi connectivity index (χ0) is 21.4. The largest absolute Gasteiger partial charge is 0.461 e. The number of carbonyl (C=O) groups is 1. The van der Waals surface area contributed by atoms with E-state index in [-0.39, 0.29) is 6.42 Å². The number of alkyl halides is 2. The van der Waals surface area contributed by atoms with Gasteiger partial charge in [0.25, 0.3) is 0 Å². The minimum Gasteiger partial charge on any atom is -0.461 e. The first-order chi connectivity index (χ1) is 13.5. The number of ether oxygens (including phenoxy) is 1. The summed E-state index contributed by atoms with van der Waals surface area (Å²) >= 11 is 0. The van der Waals surface area contributed by atoms with Crippen molar-refractivity contribution in [1.29, 1.82) is 0 Å². The van der Waals surface area contributed by atoms with Crippen LogP contribution >= 0.6 is 0 Å². The number of halogens is 2. The van der Waals surface area contributed by atoms with Crippen LogP contribution in [0, 0.1) is 5.41 Å². The summed E-state index contributed by atoms with van der Waals surface area (Å²) in [6.45, 7) is 6.19. The molecule has 6 nitrogen and oxygen atoms in total. The minimum absolute atomic E-state index is 0.250. The average Bonchev–Trinajstić information content (AvgIpc) is 3.37. The van der Waals surface area contributed by atoms with E-state index in [1.807, 2.05) is 0 Å². The summed E-state index contributed by atoms with van der Waals surface area (Å²) in [5, 5.41) is 8.75. The molecule has 3 rings (SSSR count). The molecule has 1 saturated carbocycles. The lowest BCUT2D eigenvalue weighted by molar-refractivity contribution is -0.157. The highest BCUT2D eigenvalue weighted by atomic mass is 19.3. The molecular formula is C21H28F2N4O2. The Kier molecular flexibility index (Phi) is 5.76. The zero-order valence-corrected chi connectivity index (χ0v) is 17.2. The first-order valence-electron chi connectivity index (χ1n) is 9.84. The predicted molar refractivity (Wildman–Crippen MR) is 105 cm³/mol. The number of nitrogens with zero attached hydrogens (tertiary/aromatic N) is 3. The molecule has 0 bridgehead atoms. The highest BCUT2D eigenvalue weighted by molar-refractivity contribution is 5.83. The van der Waals surface area contributed by atoms with Crippen LogP contribution in [-0.2, 0) is 15.1 Å². The van der Waals surface area contributed by atoms with Crippen molar-refractivity contribution in [2.45, 2.75) is 71.1 Å². The molecule has 1 atom stereocenters. The molecule has 0 radical (unpaired) electrons. The van der Waals surface area contributed by atoms with Crippen LogP contribution in [0.1, 0.15) is 58.6 Å². The van der Waals surface area contributed by atoms with Gasteiger partial charge in [-0.2, -0.15) is 15.0 Å². The van der Waals surface area contributed by atoms with E-state index in [4.69, 9.17) is 10.5 Å². The first kappa shape index (κ1) is 21.4. The standard InChI is InChI=1S/C21H28F2N4O2/c1-13(2)29-19(28)21(24,12-20(3,4)18(22)23)15-7-5-14(6-8-15)17-11-25-27(26-17)16-9-10-16/h5-8,11,13,16,18H,9-10,12,24H2,1-4H3. The van der Waals surface area contributed by atoms with Crippen molar-refractivity contribution in [2.75, 3.05) is 0 Å². The maximum atomic E-state index is 13.5. The number of rotatable bonds is 8. The Bertz CT molecular complexity index is 860. The molecule has 0 aliphatic heterocycles. The SMILES string of the molecule is CC(C)OC(=O)C(N)(CC(C)(C)C(F)F)c1ccc(-c2cnn(C3CC3)n2)cc1. The van der Waals surface area contributed by atoms with Crippen molar-refractivity contribution >= 4 is 5.97 Å². The topological polar surface area (TPSA) is 83.0 Å². The van der Waals surface area contributed by atoms with Crippen molar-refractivity contribution < 1.29 is 18.3 Å². The maximum Gasteiger partial charge on any atom is 0.331 e. The summed E-state index contributed by atoms with van der Waals surface area (Å²) in [5.41, 5.74) is 5.24. The Morgan fingerprint density at radius 2 is 1.90 bits per heavy atom. The number of hydrogen-bond donors (Lipinski definition) is 1. The first-order valence-corrected chi connectivity index (χ1v) is 9.84. The predicted octanol–water partition coefficient (Wildman–Crippen LogP) is 4.07. The summed E-state index contributed by atoms with van der Waals surface area (Å²) in [6, 6.07) is 7.28. The van der Waals surface area contributed by atoms with Crippen LogP contribution in [0.2, 0.25) is 0 Å². The third-order valence-electron chi connectivity index (χ3n) is 5.11. The van der Waals surface area contributed by atoms with Crippen molar-refractivity contribution in [3.8, 4) is 11.3 Å². The quantitative estimate of drug-likeness (QED) is 0.668. The molecule has 1 unspecified atom stereocenters. The van der Waals surface area contributed by atoms with E-state index >= 15 is 0 Å². The fourth-order valence-electron chi connectivity index (χ4n) is 3.24. The molecule has 8 heteroatoms. The van der Waals surface area contributed by atoms with Crippen LogP contribution in [0.4, 0.5) is 8.78 Å². The van der Waals surface area contributed by atoms with E-state index < -0.39 is 29.5 Å². The van der Waals surface area contributed by atoms with Gasteiger partial charge >= 0.3 is 5.97 Å². The summed E-state index contributed by atoms with van der Waals surface area (Å²) in [7, 11) is 0. The van der Waals surface area contributed by atoms with Gasteiger partial charge in [0.15, 0.2) is 0 Å². The van der Waals surface area contributed by atoms with Crippen LogP contribution < -0.4 is 5.73 Å². The summed E-state index contributed by atoms with van der Waals surface area (Å²) in [6.07, 6.45) is 0.573. The fourth-order valence-corrected chi connectivity index (χ4v) is 3.24. The van der Waals surface area contributed by atoms with Gasteiger partial charge in [0, 0.05) is 11.0 Å². The maximum absolute atomic E-state index is 13.5. The molecule has 1 aromatic heterocycles. The van der Waals surface area contributed by atoms with Crippen LogP contribution in [0.3, 0.4) is 0 Å². The molecule has 0 spiro atoms. The normalized spacial score (nSPS) is 16.9. The van der Waals surface area contributed by atoms with Crippen LogP contribution in [-0.4, -0.2) is 33.5 Å². The van der Waals surface area contributed by atoms with E-state index in [1.54, 1.807) is 49.1 Å².